The number of sulfonamides is 1. The van der Waals surface area contributed by atoms with Crippen molar-refractivity contribution in [3.63, 3.8) is 0 Å². The Hall–Kier alpha value is -1.93. The SMILES string of the molecule is Cc1cc(C)c(NC(=O)CN2CCN(S(=O)(=O)c3ccc(C)c(C)c3)CC2)c(Cl)c1. The molecule has 6 nitrogen and oxygen atoms in total. The fourth-order valence-electron chi connectivity index (χ4n) is 3.61. The highest BCUT2D eigenvalue weighted by atomic mass is 35.5. The fourth-order valence-corrected chi connectivity index (χ4v) is 5.48. The van der Waals surface area contributed by atoms with Crippen molar-refractivity contribution >= 4 is 33.2 Å². The summed E-state index contributed by atoms with van der Waals surface area (Å²) in [7, 11) is -3.53. The number of anilines is 1. The number of amides is 1. The number of halogens is 1. The van der Waals surface area contributed by atoms with E-state index in [2.05, 4.69) is 5.32 Å². The number of carbonyl (C=O) groups is 1. The zero-order valence-corrected chi connectivity index (χ0v) is 19.4. The maximum absolute atomic E-state index is 12.9. The number of nitrogens with one attached hydrogen (secondary N) is 1. The second-order valence-electron chi connectivity index (χ2n) is 7.91. The molecule has 0 saturated carbocycles. The molecule has 1 aliphatic rings. The third kappa shape index (κ3) is 5.03. The first-order chi connectivity index (χ1) is 14.1. The minimum absolute atomic E-state index is 0.158. The van der Waals surface area contributed by atoms with Crippen LogP contribution in [0.4, 0.5) is 5.69 Å². The summed E-state index contributed by atoms with van der Waals surface area (Å²) in [5, 5.41) is 3.41. The average Bonchev–Trinajstić information content (AvgIpc) is 2.67. The van der Waals surface area contributed by atoms with Crippen molar-refractivity contribution < 1.29 is 13.2 Å². The lowest BCUT2D eigenvalue weighted by Gasteiger charge is -2.33. The highest BCUT2D eigenvalue weighted by Gasteiger charge is 2.29. The zero-order valence-electron chi connectivity index (χ0n) is 17.8. The predicted molar refractivity (Wildman–Crippen MR) is 121 cm³/mol. The molecular formula is C22H28ClN3O3S. The molecule has 0 bridgehead atoms. The van der Waals surface area contributed by atoms with Gasteiger partial charge >= 0.3 is 0 Å². The normalized spacial score (nSPS) is 15.9. The van der Waals surface area contributed by atoms with Crippen LogP contribution in [0, 0.1) is 27.7 Å². The predicted octanol–water partition coefficient (Wildman–Crippen LogP) is 3.52. The van der Waals surface area contributed by atoms with E-state index in [0.717, 1.165) is 22.3 Å². The first-order valence-corrected chi connectivity index (χ1v) is 11.8. The molecule has 0 aromatic heterocycles. The lowest BCUT2D eigenvalue weighted by Crippen LogP contribution is -2.50. The lowest BCUT2D eigenvalue weighted by molar-refractivity contribution is -0.117. The Kier molecular flexibility index (Phi) is 6.87. The molecule has 1 N–H and O–H groups in total. The molecule has 8 heteroatoms. The van der Waals surface area contributed by atoms with Crippen molar-refractivity contribution in [1.82, 2.24) is 9.21 Å². The van der Waals surface area contributed by atoms with Crippen LogP contribution < -0.4 is 5.32 Å². The summed E-state index contributed by atoms with van der Waals surface area (Å²) in [6.45, 7) is 9.63. The number of hydrogen-bond acceptors (Lipinski definition) is 4. The van der Waals surface area contributed by atoms with Crippen LogP contribution in [-0.4, -0.2) is 56.3 Å². The van der Waals surface area contributed by atoms with Crippen LogP contribution >= 0.6 is 11.6 Å². The lowest BCUT2D eigenvalue weighted by atomic mass is 10.1. The van der Waals surface area contributed by atoms with E-state index in [1.54, 1.807) is 12.1 Å². The smallest absolute Gasteiger partial charge is 0.243 e. The molecule has 1 saturated heterocycles. The van der Waals surface area contributed by atoms with Crippen LogP contribution in [0.25, 0.3) is 0 Å². The van der Waals surface area contributed by atoms with Gasteiger partial charge in [0.05, 0.1) is 22.2 Å². The van der Waals surface area contributed by atoms with Crippen LogP contribution in [-0.2, 0) is 14.8 Å². The zero-order chi connectivity index (χ0) is 22.1. The number of piperazine rings is 1. The van der Waals surface area contributed by atoms with Crippen LogP contribution in [0.1, 0.15) is 22.3 Å². The molecule has 162 valence electrons. The Labute approximate surface area is 183 Å². The number of hydrogen-bond donors (Lipinski definition) is 1. The van der Waals surface area contributed by atoms with Crippen molar-refractivity contribution in [2.24, 2.45) is 0 Å². The number of aryl methyl sites for hydroxylation is 4. The van der Waals surface area contributed by atoms with Gasteiger partial charge in [0.25, 0.3) is 0 Å². The largest absolute Gasteiger partial charge is 0.323 e. The molecule has 0 aliphatic carbocycles. The van der Waals surface area contributed by atoms with Crippen molar-refractivity contribution in [2.75, 3.05) is 38.0 Å². The molecule has 0 unspecified atom stereocenters. The first kappa shape index (κ1) is 22.7. The minimum Gasteiger partial charge on any atom is -0.323 e. The van der Waals surface area contributed by atoms with E-state index < -0.39 is 10.0 Å². The van der Waals surface area contributed by atoms with Gasteiger partial charge in [-0.2, -0.15) is 4.31 Å². The molecule has 3 rings (SSSR count). The monoisotopic (exact) mass is 449 g/mol. The summed E-state index contributed by atoms with van der Waals surface area (Å²) in [6.07, 6.45) is 0. The molecular weight excluding hydrogens is 422 g/mol. The number of carbonyl (C=O) groups excluding carboxylic acids is 1. The standard InChI is InChI=1S/C22H28ClN3O3S/c1-15-11-18(4)22(20(23)12-15)24-21(27)14-25-7-9-26(10-8-25)30(28,29)19-6-5-16(2)17(3)13-19/h5-6,11-13H,7-10,14H2,1-4H3,(H,24,27). The van der Waals surface area contributed by atoms with Gasteiger partial charge in [0.15, 0.2) is 0 Å². The van der Waals surface area contributed by atoms with Gasteiger partial charge in [0, 0.05) is 26.2 Å². The third-order valence-corrected chi connectivity index (χ3v) is 7.70. The number of benzene rings is 2. The van der Waals surface area contributed by atoms with E-state index in [-0.39, 0.29) is 12.5 Å². The molecule has 2 aromatic carbocycles. The molecule has 1 amide bonds. The minimum atomic E-state index is -3.53. The first-order valence-electron chi connectivity index (χ1n) is 9.94. The number of nitrogens with zero attached hydrogens (tertiary/aromatic N) is 2. The van der Waals surface area contributed by atoms with E-state index in [4.69, 9.17) is 11.6 Å². The van der Waals surface area contributed by atoms with E-state index in [1.807, 2.05) is 50.8 Å². The summed E-state index contributed by atoms with van der Waals surface area (Å²) in [5.41, 5.74) is 4.60. The molecule has 30 heavy (non-hydrogen) atoms. The number of rotatable bonds is 5. The van der Waals surface area contributed by atoms with Gasteiger partial charge in [-0.3, -0.25) is 9.69 Å². The van der Waals surface area contributed by atoms with Crippen molar-refractivity contribution in [1.29, 1.82) is 0 Å². The highest BCUT2D eigenvalue weighted by Crippen LogP contribution is 2.27. The Balaban J connectivity index is 1.59. The summed E-state index contributed by atoms with van der Waals surface area (Å²) < 4.78 is 27.4. The Morgan fingerprint density at radius 1 is 0.967 bits per heavy atom. The van der Waals surface area contributed by atoms with E-state index in [1.165, 1.54) is 4.31 Å². The summed E-state index contributed by atoms with van der Waals surface area (Å²) >= 11 is 6.27. The van der Waals surface area contributed by atoms with Gasteiger partial charge in [0.2, 0.25) is 15.9 Å². The Morgan fingerprint density at radius 2 is 1.63 bits per heavy atom. The summed E-state index contributed by atoms with van der Waals surface area (Å²) in [4.78, 5) is 14.8. The maximum atomic E-state index is 12.9. The van der Waals surface area contributed by atoms with E-state index in [9.17, 15) is 13.2 Å². The van der Waals surface area contributed by atoms with Crippen molar-refractivity contribution in [2.45, 2.75) is 32.6 Å². The highest BCUT2D eigenvalue weighted by molar-refractivity contribution is 7.89. The third-order valence-electron chi connectivity index (χ3n) is 5.51. The molecule has 0 spiro atoms. The van der Waals surface area contributed by atoms with Crippen LogP contribution in [0.2, 0.25) is 5.02 Å². The van der Waals surface area contributed by atoms with E-state index >= 15 is 0 Å². The molecule has 2 aromatic rings. The summed E-state index contributed by atoms with van der Waals surface area (Å²) in [6, 6.07) is 9.00. The Bertz CT molecular complexity index is 1040. The van der Waals surface area contributed by atoms with Crippen LogP contribution in [0.5, 0.6) is 0 Å². The van der Waals surface area contributed by atoms with Gasteiger partial charge in [-0.05, 0) is 68.1 Å². The van der Waals surface area contributed by atoms with Crippen LogP contribution in [0.3, 0.4) is 0 Å². The van der Waals surface area contributed by atoms with E-state index in [0.29, 0.717) is 41.8 Å². The maximum Gasteiger partial charge on any atom is 0.243 e. The van der Waals surface area contributed by atoms with Crippen molar-refractivity contribution in [3.05, 3.63) is 57.6 Å². The molecule has 0 atom stereocenters. The summed E-state index contributed by atoms with van der Waals surface area (Å²) in [5.74, 6) is -0.158. The second-order valence-corrected chi connectivity index (χ2v) is 10.3. The topological polar surface area (TPSA) is 69.7 Å². The Morgan fingerprint density at radius 3 is 2.23 bits per heavy atom. The van der Waals surface area contributed by atoms with Gasteiger partial charge < -0.3 is 5.32 Å². The quantitative estimate of drug-likeness (QED) is 0.758. The second kappa shape index (κ2) is 9.06. The van der Waals surface area contributed by atoms with Crippen molar-refractivity contribution in [3.8, 4) is 0 Å². The molecule has 0 radical (unpaired) electrons. The van der Waals surface area contributed by atoms with Crippen LogP contribution in [0.15, 0.2) is 35.2 Å². The van der Waals surface area contributed by atoms with Gasteiger partial charge in [-0.25, -0.2) is 8.42 Å². The van der Waals surface area contributed by atoms with Gasteiger partial charge in [-0.15, -0.1) is 0 Å². The van der Waals surface area contributed by atoms with Gasteiger partial charge in [0.1, 0.15) is 0 Å². The molecule has 1 aliphatic heterocycles. The molecule has 1 heterocycles. The molecule has 1 fully saturated rings. The average molecular weight is 450 g/mol. The fraction of sp³-hybridized carbons (Fsp3) is 0.409. The van der Waals surface area contributed by atoms with Gasteiger partial charge in [-0.1, -0.05) is 23.7 Å².